The van der Waals surface area contributed by atoms with Crippen LogP contribution in [0.15, 0.2) is 0 Å². The lowest BCUT2D eigenvalue weighted by molar-refractivity contribution is -0.138. The fraction of sp³-hybridized carbons (Fsp3) is 0.947. The van der Waals surface area contributed by atoms with Crippen molar-refractivity contribution < 1.29 is 4.79 Å². The van der Waals surface area contributed by atoms with Crippen molar-refractivity contribution in [2.24, 2.45) is 34.5 Å². The number of rotatable bonds is 0. The lowest BCUT2D eigenvalue weighted by atomic mass is 9.45. The van der Waals surface area contributed by atoms with Gasteiger partial charge in [0.25, 0.3) is 0 Å². The molecule has 4 rings (SSSR count). The Balaban J connectivity index is 1.64. The van der Waals surface area contributed by atoms with Gasteiger partial charge >= 0.3 is 0 Å². The fourth-order valence-corrected chi connectivity index (χ4v) is 7.90. The van der Waals surface area contributed by atoms with Gasteiger partial charge in [0.05, 0.1) is 0 Å². The fourth-order valence-electron chi connectivity index (χ4n) is 6.98. The van der Waals surface area contributed by atoms with Gasteiger partial charge in [-0.05, 0) is 80.5 Å². The molecule has 0 N–H and O–H groups in total. The number of fused-ring (bicyclic) bond motifs is 5. The Labute approximate surface area is 143 Å². The molecule has 0 spiro atoms. The Kier molecular flexibility index (Phi) is 3.52. The molecule has 1 nitrogen and oxygen atoms in total. The number of halogens is 1. The van der Waals surface area contributed by atoms with Crippen LogP contribution in [-0.2, 0) is 4.79 Å². The third kappa shape index (κ3) is 2.03. The van der Waals surface area contributed by atoms with Crippen molar-refractivity contribution in [1.82, 2.24) is 0 Å². The molecule has 0 aromatic carbocycles. The Morgan fingerprint density at radius 2 is 1.81 bits per heavy atom. The second-order valence-electron chi connectivity index (χ2n) is 8.95. The zero-order valence-electron chi connectivity index (χ0n) is 13.5. The van der Waals surface area contributed by atoms with Crippen molar-refractivity contribution in [3.63, 3.8) is 0 Å². The van der Waals surface area contributed by atoms with Crippen LogP contribution in [0.3, 0.4) is 0 Å². The molecule has 4 aliphatic carbocycles. The minimum atomic E-state index is 0.0603. The molecule has 1 unspecified atom stereocenters. The third-order valence-corrected chi connectivity index (χ3v) is 9.44. The summed E-state index contributed by atoms with van der Waals surface area (Å²) >= 11 is 2.69. The van der Waals surface area contributed by atoms with E-state index in [1.54, 1.807) is 0 Å². The molecule has 0 heterocycles. The molecule has 7 atom stereocenters. The monoisotopic (exact) mass is 400 g/mol. The summed E-state index contributed by atoms with van der Waals surface area (Å²) in [6.45, 7) is 4.93. The normalized spacial score (nSPS) is 56.5. The molecule has 0 aliphatic heterocycles. The van der Waals surface area contributed by atoms with Crippen LogP contribution in [0.2, 0.25) is 0 Å². The van der Waals surface area contributed by atoms with E-state index in [0.29, 0.717) is 11.2 Å². The minimum absolute atomic E-state index is 0.0603. The van der Waals surface area contributed by atoms with Crippen LogP contribution in [0.25, 0.3) is 0 Å². The maximum atomic E-state index is 12.4. The smallest absolute Gasteiger partial charge is 0.139 e. The molecular formula is C19H29IO. The Hall–Kier alpha value is 0.400. The van der Waals surface area contributed by atoms with Crippen molar-refractivity contribution in [3.8, 4) is 0 Å². The number of alkyl halides is 1. The Morgan fingerprint density at radius 3 is 2.62 bits per heavy atom. The van der Waals surface area contributed by atoms with Gasteiger partial charge in [-0.3, -0.25) is 4.79 Å². The average molecular weight is 400 g/mol. The van der Waals surface area contributed by atoms with Crippen molar-refractivity contribution in [3.05, 3.63) is 0 Å². The average Bonchev–Trinajstić information content (AvgIpc) is 2.76. The lowest BCUT2D eigenvalue weighted by Crippen LogP contribution is -2.53. The molecule has 0 aromatic rings. The van der Waals surface area contributed by atoms with E-state index in [0.717, 1.165) is 34.0 Å². The molecule has 0 bridgehead atoms. The highest BCUT2D eigenvalue weighted by Crippen LogP contribution is 2.65. The first-order valence-corrected chi connectivity index (χ1v) is 10.4. The van der Waals surface area contributed by atoms with E-state index in [9.17, 15) is 4.79 Å². The van der Waals surface area contributed by atoms with E-state index in [1.807, 2.05) is 0 Å². The molecular weight excluding hydrogens is 371 g/mol. The van der Waals surface area contributed by atoms with Crippen LogP contribution >= 0.6 is 22.6 Å². The van der Waals surface area contributed by atoms with Gasteiger partial charge in [0.1, 0.15) is 5.78 Å². The zero-order chi connectivity index (χ0) is 14.8. The molecule has 0 saturated heterocycles. The summed E-state index contributed by atoms with van der Waals surface area (Å²) in [6.07, 6.45) is 11.8. The first-order chi connectivity index (χ1) is 9.95. The molecule has 0 amide bonds. The quantitative estimate of drug-likeness (QED) is 0.393. The van der Waals surface area contributed by atoms with Crippen LogP contribution in [-0.4, -0.2) is 9.71 Å². The Morgan fingerprint density at radius 1 is 1.00 bits per heavy atom. The SMILES string of the molecule is C[C@]12CC[C@H](I)CC1CC[C@@H]1[C@@H]2CC[C@]2(C)C(=O)CC[C@@H]12. The lowest BCUT2D eigenvalue weighted by Gasteiger charge is -2.60. The topological polar surface area (TPSA) is 17.1 Å². The molecule has 4 saturated carbocycles. The summed E-state index contributed by atoms with van der Waals surface area (Å²) in [7, 11) is 0. The van der Waals surface area contributed by atoms with Gasteiger partial charge in [0.15, 0.2) is 0 Å². The molecule has 4 aliphatic rings. The Bertz CT molecular complexity index is 460. The summed E-state index contributed by atoms with van der Waals surface area (Å²) in [5.74, 6) is 4.07. The predicted molar refractivity (Wildman–Crippen MR) is 94.5 cm³/mol. The molecule has 0 radical (unpaired) electrons. The highest BCUT2D eigenvalue weighted by molar-refractivity contribution is 14.1. The van der Waals surface area contributed by atoms with E-state index in [2.05, 4.69) is 36.4 Å². The van der Waals surface area contributed by atoms with Crippen LogP contribution in [0, 0.1) is 34.5 Å². The highest BCUT2D eigenvalue weighted by Gasteiger charge is 2.59. The molecule has 0 aromatic heterocycles. The first kappa shape index (κ1) is 15.0. The maximum Gasteiger partial charge on any atom is 0.139 e. The highest BCUT2D eigenvalue weighted by atomic mass is 127. The van der Waals surface area contributed by atoms with E-state index in [4.69, 9.17) is 0 Å². The number of carbonyl (C=O) groups is 1. The standard InChI is InChI=1S/C19H29IO/c1-18-9-7-13(20)11-12(18)3-4-14-15-5-6-17(21)19(15,2)10-8-16(14)18/h12-16H,3-11H2,1-2H3/t12?,13-,14-,15-,16-,18-,19-/m0/s1. The maximum absolute atomic E-state index is 12.4. The van der Waals surface area contributed by atoms with Crippen molar-refractivity contribution in [1.29, 1.82) is 0 Å². The number of hydrogen-bond donors (Lipinski definition) is 0. The molecule has 2 heteroatoms. The van der Waals surface area contributed by atoms with Crippen LogP contribution in [0.4, 0.5) is 0 Å². The number of carbonyl (C=O) groups excluding carboxylic acids is 1. The van der Waals surface area contributed by atoms with E-state index in [-0.39, 0.29) is 5.41 Å². The van der Waals surface area contributed by atoms with Gasteiger partial charge in [0.2, 0.25) is 0 Å². The van der Waals surface area contributed by atoms with E-state index in [1.165, 1.54) is 51.4 Å². The summed E-state index contributed by atoms with van der Waals surface area (Å²) in [5.41, 5.74) is 0.655. The zero-order valence-corrected chi connectivity index (χ0v) is 15.7. The summed E-state index contributed by atoms with van der Waals surface area (Å²) in [6, 6.07) is 0. The second-order valence-corrected chi connectivity index (χ2v) is 10.7. The van der Waals surface area contributed by atoms with E-state index < -0.39 is 0 Å². The molecule has 4 fully saturated rings. The van der Waals surface area contributed by atoms with Crippen LogP contribution < -0.4 is 0 Å². The third-order valence-electron chi connectivity index (χ3n) is 8.31. The van der Waals surface area contributed by atoms with Crippen LogP contribution in [0.5, 0.6) is 0 Å². The second kappa shape index (κ2) is 4.95. The molecule has 21 heavy (non-hydrogen) atoms. The number of hydrogen-bond acceptors (Lipinski definition) is 1. The summed E-state index contributed by atoms with van der Waals surface area (Å²) < 4.78 is 0.916. The van der Waals surface area contributed by atoms with Crippen molar-refractivity contribution >= 4 is 28.4 Å². The van der Waals surface area contributed by atoms with Gasteiger partial charge in [-0.2, -0.15) is 0 Å². The summed E-state index contributed by atoms with van der Waals surface area (Å²) in [4.78, 5) is 12.4. The minimum Gasteiger partial charge on any atom is -0.299 e. The molecule has 118 valence electrons. The van der Waals surface area contributed by atoms with E-state index >= 15 is 0 Å². The largest absolute Gasteiger partial charge is 0.299 e. The first-order valence-electron chi connectivity index (χ1n) is 9.12. The number of Topliss-reactive ketones (excluding diaryl/α,β-unsaturated/α-hetero) is 1. The van der Waals surface area contributed by atoms with Crippen molar-refractivity contribution in [2.45, 2.75) is 75.6 Å². The van der Waals surface area contributed by atoms with Crippen LogP contribution in [0.1, 0.15) is 71.6 Å². The van der Waals surface area contributed by atoms with Crippen molar-refractivity contribution in [2.75, 3.05) is 0 Å². The van der Waals surface area contributed by atoms with Gasteiger partial charge in [-0.1, -0.05) is 36.4 Å². The summed E-state index contributed by atoms with van der Waals surface area (Å²) in [5, 5.41) is 0. The predicted octanol–water partition coefficient (Wildman–Crippen LogP) is 5.40. The van der Waals surface area contributed by atoms with Gasteiger partial charge in [-0.25, -0.2) is 0 Å². The number of ketones is 1. The van der Waals surface area contributed by atoms with Gasteiger partial charge in [0, 0.05) is 15.8 Å². The van der Waals surface area contributed by atoms with Gasteiger partial charge in [-0.15, -0.1) is 0 Å². The van der Waals surface area contributed by atoms with Gasteiger partial charge < -0.3 is 0 Å².